The Balaban J connectivity index is 0.974. The summed E-state index contributed by atoms with van der Waals surface area (Å²) >= 11 is 37.7. The van der Waals surface area contributed by atoms with E-state index in [-0.39, 0.29) is 0 Å². The first-order chi connectivity index (χ1) is 36.2. The van der Waals surface area contributed by atoms with Gasteiger partial charge in [0.15, 0.2) is 0 Å². The molecule has 0 radical (unpaired) electrons. The van der Waals surface area contributed by atoms with Crippen molar-refractivity contribution in [2.24, 2.45) is 0 Å². The molecular weight excluding hydrogens is 1290 g/mol. The Morgan fingerprint density at radius 2 is 0.392 bits per heavy atom. The van der Waals surface area contributed by atoms with E-state index < -0.39 is 0 Å². The van der Waals surface area contributed by atoms with Crippen LogP contribution in [-0.2, 0) is 0 Å². The Hall–Kier alpha value is 1.02. The molecule has 0 aromatic heterocycles. The maximum atomic E-state index is 2.35. The second-order valence-electron chi connectivity index (χ2n) is 15.4. The van der Waals surface area contributed by atoms with E-state index >= 15 is 0 Å². The number of hydrogen-bond acceptors (Lipinski definition) is 20. The Morgan fingerprint density at radius 1 is 0.230 bits per heavy atom. The molecule has 6 aliphatic rings. The molecule has 0 unspecified atom stereocenters. The first-order valence-corrected chi connectivity index (χ1v) is 41.7. The van der Waals surface area contributed by atoms with Gasteiger partial charge in [-0.05, 0) is 119 Å². The lowest BCUT2D eigenvalue weighted by Gasteiger charge is -2.08. The Bertz CT molecular complexity index is 2700. The van der Waals surface area contributed by atoms with Gasteiger partial charge in [-0.25, -0.2) is 0 Å². The second-order valence-corrected chi connectivity index (χ2v) is 38.0. The molecule has 0 nitrogen and oxygen atoms in total. The summed E-state index contributed by atoms with van der Waals surface area (Å²) in [6.45, 7) is 0. The van der Waals surface area contributed by atoms with E-state index in [1.165, 1.54) is 123 Å². The minimum Gasteiger partial charge on any atom is -0.121 e. The van der Waals surface area contributed by atoms with Crippen molar-refractivity contribution in [1.82, 2.24) is 0 Å². The third-order valence-corrected chi connectivity index (χ3v) is 37.1. The molecule has 6 heterocycles. The zero-order valence-corrected chi connectivity index (χ0v) is 57.0. The van der Waals surface area contributed by atoms with Gasteiger partial charge in [-0.15, -0.1) is 94.1 Å². The Labute approximate surface area is 522 Å². The molecule has 0 saturated heterocycles. The van der Waals surface area contributed by atoms with E-state index in [1.54, 1.807) is 0 Å². The van der Waals surface area contributed by atoms with Crippen LogP contribution in [0.25, 0.3) is 43.9 Å². The summed E-state index contributed by atoms with van der Waals surface area (Å²) in [4.78, 5) is 5.25. The van der Waals surface area contributed by atoms with Crippen molar-refractivity contribution in [3.8, 4) is 0 Å². The normalized spacial score (nSPS) is 18.4. The SMILES string of the molecule is CSC1=C(SC)SC(=Cc2ccc(C3=C(c4ccc(C=C5SC(SC)=C(SC)S5)cc4)SC(=C4SC(c5ccc(C=C6SC(SC)=C(SC)S6)cc5)=C(c5ccc(C=C6SC(SC)=C(SC)S6)cc5)S4)S3)cc2)S1. The predicted octanol–water partition coefficient (Wildman–Crippen LogP) is 24.6. The highest BCUT2D eigenvalue weighted by Crippen LogP contribution is 2.67. The van der Waals surface area contributed by atoms with Gasteiger partial charge >= 0.3 is 0 Å². The van der Waals surface area contributed by atoms with Gasteiger partial charge in [0.05, 0.1) is 59.3 Å². The molecule has 4 aromatic rings. The average Bonchev–Trinajstić information content (AvgIpc) is 4.32. The molecule has 6 aliphatic heterocycles. The van der Waals surface area contributed by atoms with Crippen molar-refractivity contribution in [3.63, 3.8) is 0 Å². The van der Waals surface area contributed by atoms with Crippen LogP contribution in [0.2, 0.25) is 0 Å². The summed E-state index contributed by atoms with van der Waals surface area (Å²) in [7, 11) is 0. The summed E-state index contributed by atoms with van der Waals surface area (Å²) in [6, 6.07) is 37.1. The fourth-order valence-corrected chi connectivity index (χ4v) is 32.9. The van der Waals surface area contributed by atoms with Gasteiger partial charge in [-0.2, -0.15) is 0 Å². The molecule has 0 saturated carbocycles. The average molecular weight is 1330 g/mol. The number of rotatable bonds is 16. The zero-order valence-electron chi connectivity index (χ0n) is 40.7. The molecule has 0 bridgehead atoms. The molecule has 0 atom stereocenters. The van der Waals surface area contributed by atoms with E-state index in [1.807, 2.05) is 235 Å². The van der Waals surface area contributed by atoms with Gasteiger partial charge in [0.25, 0.3) is 0 Å². The predicted molar refractivity (Wildman–Crippen MR) is 386 cm³/mol. The summed E-state index contributed by atoms with van der Waals surface area (Å²) in [5, 5.41) is 0. The second kappa shape index (κ2) is 27.9. The third-order valence-electron chi connectivity index (χ3n) is 10.9. The van der Waals surface area contributed by atoms with Crippen LogP contribution >= 0.6 is 235 Å². The van der Waals surface area contributed by atoms with Crippen LogP contribution in [0, 0.1) is 0 Å². The third kappa shape index (κ3) is 13.9. The molecule has 0 aliphatic carbocycles. The van der Waals surface area contributed by atoms with Crippen LogP contribution in [0.1, 0.15) is 44.5 Å². The molecule has 74 heavy (non-hydrogen) atoms. The molecular formula is C54H44S20. The summed E-state index contributed by atoms with van der Waals surface area (Å²) < 4.78 is 19.2. The topological polar surface area (TPSA) is 0 Å². The lowest BCUT2D eigenvalue weighted by atomic mass is 10.1. The van der Waals surface area contributed by atoms with Crippen LogP contribution in [0.4, 0.5) is 0 Å². The highest BCUT2D eigenvalue weighted by atomic mass is 32.3. The first kappa shape index (κ1) is 58.2. The fourth-order valence-electron chi connectivity index (χ4n) is 7.38. The van der Waals surface area contributed by atoms with E-state index in [9.17, 15) is 0 Å². The van der Waals surface area contributed by atoms with E-state index in [0.29, 0.717) is 0 Å². The molecule has 20 heteroatoms. The van der Waals surface area contributed by atoms with Crippen LogP contribution in [0.3, 0.4) is 0 Å². The minimum atomic E-state index is 1.23. The first-order valence-electron chi connectivity index (χ1n) is 22.1. The number of thioether (sulfide) groups is 20. The summed E-state index contributed by atoms with van der Waals surface area (Å²) in [5.41, 5.74) is 9.93. The van der Waals surface area contributed by atoms with Crippen molar-refractivity contribution in [2.75, 3.05) is 50.0 Å². The fraction of sp³-hybridized carbons (Fsp3) is 0.148. The van der Waals surface area contributed by atoms with Crippen LogP contribution in [0.5, 0.6) is 0 Å². The van der Waals surface area contributed by atoms with E-state index in [4.69, 9.17) is 0 Å². The zero-order chi connectivity index (χ0) is 51.3. The van der Waals surface area contributed by atoms with Crippen molar-refractivity contribution < 1.29 is 0 Å². The standard InChI is InChI=1S/C54H44S20/c1-55-45-46(56-2)64-37(63-45)25-29-9-17-33(18-10-29)41-42(34-19-11-30(12-20-34)26-38-65-47(57-3)48(58-4)66-38)72-53(71-41)54-73-43(35-21-13-31(14-22-35)27-39-67-49(59-5)50(60-6)68-39)44(74-54)36-23-15-32(16-24-36)28-40-69-51(61-7)52(62-8)70-40/h9-28H,1-8H3. The van der Waals surface area contributed by atoms with Crippen molar-refractivity contribution in [3.05, 3.63) is 201 Å². The van der Waals surface area contributed by atoms with Crippen molar-refractivity contribution in [2.45, 2.75) is 0 Å². The maximum absolute atomic E-state index is 2.35. The van der Waals surface area contributed by atoms with Gasteiger partial charge < -0.3 is 0 Å². The lowest BCUT2D eigenvalue weighted by molar-refractivity contribution is 1.60. The molecule has 0 fully saturated rings. The van der Waals surface area contributed by atoms with Crippen LogP contribution in [-0.4, -0.2) is 50.0 Å². The van der Waals surface area contributed by atoms with Gasteiger partial charge in [-0.3, -0.25) is 0 Å². The quantitative estimate of drug-likeness (QED) is 0.104. The molecule has 0 N–H and O–H groups in total. The van der Waals surface area contributed by atoms with Gasteiger partial charge in [0.1, 0.15) is 0 Å². The Kier molecular flexibility index (Phi) is 21.9. The number of hydrogen-bond donors (Lipinski definition) is 0. The maximum Gasteiger partial charge on any atom is 0.0707 e. The number of benzene rings is 4. The van der Waals surface area contributed by atoms with E-state index in [2.05, 4.69) is 171 Å². The largest absolute Gasteiger partial charge is 0.121 e. The van der Waals surface area contributed by atoms with Crippen molar-refractivity contribution in [1.29, 1.82) is 0 Å². The highest BCUT2D eigenvalue weighted by molar-refractivity contribution is 8.43. The van der Waals surface area contributed by atoms with Gasteiger partial charge in [0, 0.05) is 19.6 Å². The van der Waals surface area contributed by atoms with Gasteiger partial charge in [-0.1, -0.05) is 238 Å². The summed E-state index contributed by atoms with van der Waals surface area (Å²) in [6.07, 6.45) is 26.8. The summed E-state index contributed by atoms with van der Waals surface area (Å²) in [5.74, 6) is 0. The Morgan fingerprint density at radius 3 is 0.541 bits per heavy atom. The molecule has 4 aromatic carbocycles. The van der Waals surface area contributed by atoms with Crippen LogP contribution < -0.4 is 0 Å². The smallest absolute Gasteiger partial charge is 0.0707 e. The van der Waals surface area contributed by atoms with Crippen LogP contribution in [0.15, 0.2) is 156 Å². The van der Waals surface area contributed by atoms with Crippen molar-refractivity contribution >= 4 is 279 Å². The monoisotopic (exact) mass is 1330 g/mol. The minimum absolute atomic E-state index is 1.23. The van der Waals surface area contributed by atoms with E-state index in [0.717, 1.165) is 0 Å². The molecule has 0 amide bonds. The molecule has 10 rings (SSSR count). The molecule has 0 spiro atoms. The van der Waals surface area contributed by atoms with Gasteiger partial charge in [0.2, 0.25) is 0 Å². The lowest BCUT2D eigenvalue weighted by Crippen LogP contribution is -1.84. The molecule has 380 valence electrons. The highest BCUT2D eigenvalue weighted by Gasteiger charge is 2.33.